The second-order valence-electron chi connectivity index (χ2n) is 4.64. The van der Waals surface area contributed by atoms with Crippen LogP contribution in [0.2, 0.25) is 0 Å². The molecule has 2 heteroatoms. The molecule has 3 rings (SSSR count). The maximum atomic E-state index is 12.1. The van der Waals surface area contributed by atoms with Crippen molar-refractivity contribution < 1.29 is 9.53 Å². The number of ether oxygens (including phenoxy) is 1. The van der Waals surface area contributed by atoms with E-state index in [1.807, 2.05) is 55.5 Å². The Hall–Kier alpha value is -2.09. The third-order valence-electron chi connectivity index (χ3n) is 3.28. The lowest BCUT2D eigenvalue weighted by molar-refractivity contribution is 0.0850. The quantitative estimate of drug-likeness (QED) is 0.757. The Morgan fingerprint density at radius 3 is 2.56 bits per heavy atom. The minimum absolute atomic E-state index is 0.155. The van der Waals surface area contributed by atoms with E-state index >= 15 is 0 Å². The SMILES string of the molecule is Cc1ccc([C@H]2CC(=O)c3ccccc3O2)cc1. The van der Waals surface area contributed by atoms with Crippen molar-refractivity contribution in [3.8, 4) is 5.75 Å². The average Bonchev–Trinajstić information content (AvgIpc) is 2.39. The number of Topliss-reactive ketones (excluding diaryl/α,β-unsaturated/α-hetero) is 1. The Labute approximate surface area is 106 Å². The molecule has 2 aromatic rings. The molecule has 0 saturated carbocycles. The fourth-order valence-corrected chi connectivity index (χ4v) is 2.24. The average molecular weight is 238 g/mol. The molecule has 0 unspecified atom stereocenters. The van der Waals surface area contributed by atoms with Crippen molar-refractivity contribution in [3.63, 3.8) is 0 Å². The zero-order valence-electron chi connectivity index (χ0n) is 10.2. The Balaban J connectivity index is 1.94. The molecule has 0 bridgehead atoms. The van der Waals surface area contributed by atoms with Gasteiger partial charge in [0.1, 0.15) is 11.9 Å². The Kier molecular flexibility index (Phi) is 2.63. The third-order valence-corrected chi connectivity index (χ3v) is 3.28. The summed E-state index contributed by atoms with van der Waals surface area (Å²) >= 11 is 0. The molecular weight excluding hydrogens is 224 g/mol. The maximum absolute atomic E-state index is 12.1. The third kappa shape index (κ3) is 1.90. The van der Waals surface area contributed by atoms with Crippen LogP contribution >= 0.6 is 0 Å². The summed E-state index contributed by atoms with van der Waals surface area (Å²) in [4.78, 5) is 12.1. The fourth-order valence-electron chi connectivity index (χ4n) is 2.24. The molecule has 0 spiro atoms. The van der Waals surface area contributed by atoms with E-state index < -0.39 is 0 Å². The van der Waals surface area contributed by atoms with E-state index in [4.69, 9.17) is 4.74 Å². The van der Waals surface area contributed by atoms with Gasteiger partial charge in [-0.1, -0.05) is 42.0 Å². The lowest BCUT2D eigenvalue weighted by atomic mass is 9.96. The zero-order valence-corrected chi connectivity index (χ0v) is 10.2. The molecule has 2 nitrogen and oxygen atoms in total. The van der Waals surface area contributed by atoms with Crippen molar-refractivity contribution in [3.05, 3.63) is 65.2 Å². The topological polar surface area (TPSA) is 26.3 Å². The summed E-state index contributed by atoms with van der Waals surface area (Å²) in [6.45, 7) is 2.05. The monoisotopic (exact) mass is 238 g/mol. The Morgan fingerprint density at radius 1 is 1.06 bits per heavy atom. The van der Waals surface area contributed by atoms with Crippen LogP contribution in [0.4, 0.5) is 0 Å². The molecule has 0 amide bonds. The van der Waals surface area contributed by atoms with Gasteiger partial charge in [-0.3, -0.25) is 4.79 Å². The smallest absolute Gasteiger partial charge is 0.170 e. The van der Waals surface area contributed by atoms with Crippen LogP contribution in [0.25, 0.3) is 0 Å². The standard InChI is InChI=1S/C16H14O2/c1-11-6-8-12(9-7-11)16-10-14(17)13-4-2-3-5-15(13)18-16/h2-9,16H,10H2,1H3/t16-/m1/s1. The van der Waals surface area contributed by atoms with Crippen LogP contribution in [-0.4, -0.2) is 5.78 Å². The zero-order chi connectivity index (χ0) is 12.5. The summed E-state index contributed by atoms with van der Waals surface area (Å²) in [6, 6.07) is 15.6. The largest absolute Gasteiger partial charge is 0.484 e. The summed E-state index contributed by atoms with van der Waals surface area (Å²) < 4.78 is 5.91. The number of hydrogen-bond acceptors (Lipinski definition) is 2. The van der Waals surface area contributed by atoms with E-state index in [0.29, 0.717) is 17.7 Å². The molecule has 2 aromatic carbocycles. The predicted molar refractivity (Wildman–Crippen MR) is 69.9 cm³/mol. The van der Waals surface area contributed by atoms with E-state index in [2.05, 4.69) is 0 Å². The van der Waals surface area contributed by atoms with Crippen molar-refractivity contribution in [1.82, 2.24) is 0 Å². The summed E-state index contributed by atoms with van der Waals surface area (Å²) in [5, 5.41) is 0. The summed E-state index contributed by atoms with van der Waals surface area (Å²) in [5.41, 5.74) is 2.96. The van der Waals surface area contributed by atoms with Crippen LogP contribution in [0, 0.1) is 6.92 Å². The minimum Gasteiger partial charge on any atom is -0.484 e. The van der Waals surface area contributed by atoms with Crippen LogP contribution in [0.5, 0.6) is 5.75 Å². The summed E-state index contributed by atoms with van der Waals surface area (Å²) in [5.74, 6) is 0.849. The number of fused-ring (bicyclic) bond motifs is 1. The van der Waals surface area contributed by atoms with E-state index in [9.17, 15) is 4.79 Å². The normalized spacial score (nSPS) is 18.1. The van der Waals surface area contributed by atoms with Gasteiger partial charge < -0.3 is 4.74 Å². The van der Waals surface area contributed by atoms with Crippen molar-refractivity contribution in [2.75, 3.05) is 0 Å². The highest BCUT2D eigenvalue weighted by molar-refractivity contribution is 5.99. The molecule has 0 aromatic heterocycles. The van der Waals surface area contributed by atoms with Gasteiger partial charge in [0.2, 0.25) is 0 Å². The number of carbonyl (C=O) groups is 1. The maximum Gasteiger partial charge on any atom is 0.170 e. The lowest BCUT2D eigenvalue weighted by Gasteiger charge is -2.25. The van der Waals surface area contributed by atoms with E-state index in [1.165, 1.54) is 5.56 Å². The predicted octanol–water partition coefficient (Wildman–Crippen LogP) is 3.70. The van der Waals surface area contributed by atoms with Crippen LogP contribution in [0.3, 0.4) is 0 Å². The molecule has 0 saturated heterocycles. The Bertz CT molecular complexity index is 584. The number of para-hydroxylation sites is 1. The molecule has 1 aliphatic heterocycles. The molecule has 1 aliphatic rings. The first kappa shape index (κ1) is 11.0. The molecule has 1 atom stereocenters. The highest BCUT2D eigenvalue weighted by atomic mass is 16.5. The molecule has 1 heterocycles. The van der Waals surface area contributed by atoms with E-state index in [0.717, 1.165) is 5.56 Å². The number of hydrogen-bond donors (Lipinski definition) is 0. The molecule has 0 N–H and O–H groups in total. The Morgan fingerprint density at radius 2 is 1.78 bits per heavy atom. The summed E-state index contributed by atoms with van der Waals surface area (Å²) in [7, 11) is 0. The van der Waals surface area contributed by atoms with Crippen LogP contribution < -0.4 is 4.74 Å². The number of benzene rings is 2. The second kappa shape index (κ2) is 4.30. The van der Waals surface area contributed by atoms with Crippen molar-refractivity contribution in [2.45, 2.75) is 19.4 Å². The van der Waals surface area contributed by atoms with E-state index in [-0.39, 0.29) is 11.9 Å². The summed E-state index contributed by atoms with van der Waals surface area (Å²) in [6.07, 6.45) is 0.257. The molecule has 18 heavy (non-hydrogen) atoms. The lowest BCUT2D eigenvalue weighted by Crippen LogP contribution is -2.20. The highest BCUT2D eigenvalue weighted by Gasteiger charge is 2.26. The number of carbonyl (C=O) groups excluding carboxylic acids is 1. The first-order chi connectivity index (χ1) is 8.74. The minimum atomic E-state index is -0.159. The second-order valence-corrected chi connectivity index (χ2v) is 4.64. The van der Waals surface area contributed by atoms with Gasteiger partial charge in [0, 0.05) is 0 Å². The van der Waals surface area contributed by atoms with Crippen LogP contribution in [0.15, 0.2) is 48.5 Å². The van der Waals surface area contributed by atoms with E-state index in [1.54, 1.807) is 0 Å². The molecule has 0 radical (unpaired) electrons. The van der Waals surface area contributed by atoms with Gasteiger partial charge in [0.25, 0.3) is 0 Å². The molecular formula is C16H14O2. The first-order valence-corrected chi connectivity index (χ1v) is 6.09. The van der Waals surface area contributed by atoms with Gasteiger partial charge in [-0.15, -0.1) is 0 Å². The van der Waals surface area contributed by atoms with Gasteiger partial charge in [-0.2, -0.15) is 0 Å². The van der Waals surface area contributed by atoms with Gasteiger partial charge in [-0.25, -0.2) is 0 Å². The first-order valence-electron chi connectivity index (χ1n) is 6.09. The van der Waals surface area contributed by atoms with Gasteiger partial charge in [-0.05, 0) is 24.6 Å². The molecule has 90 valence electrons. The van der Waals surface area contributed by atoms with Crippen molar-refractivity contribution in [2.24, 2.45) is 0 Å². The van der Waals surface area contributed by atoms with Crippen LogP contribution in [0.1, 0.15) is 34.0 Å². The number of ketones is 1. The van der Waals surface area contributed by atoms with Gasteiger partial charge in [0.15, 0.2) is 5.78 Å². The fraction of sp³-hybridized carbons (Fsp3) is 0.188. The van der Waals surface area contributed by atoms with Gasteiger partial charge in [0.05, 0.1) is 12.0 Å². The molecule has 0 aliphatic carbocycles. The van der Waals surface area contributed by atoms with Gasteiger partial charge >= 0.3 is 0 Å². The van der Waals surface area contributed by atoms with Crippen molar-refractivity contribution >= 4 is 5.78 Å². The molecule has 0 fully saturated rings. The highest BCUT2D eigenvalue weighted by Crippen LogP contribution is 2.34. The van der Waals surface area contributed by atoms with Crippen molar-refractivity contribution in [1.29, 1.82) is 0 Å². The van der Waals surface area contributed by atoms with Crippen LogP contribution in [-0.2, 0) is 0 Å². The number of aryl methyl sites for hydroxylation is 1. The number of rotatable bonds is 1.